The molecule has 142 valence electrons. The molecule has 2 atom stereocenters. The number of carbonyl (C=O) groups excluding carboxylic acids is 1. The van der Waals surface area contributed by atoms with Gasteiger partial charge in [0.15, 0.2) is 23.1 Å². The number of nitrogens with one attached hydrogen (secondary N) is 1. The van der Waals surface area contributed by atoms with Gasteiger partial charge < -0.3 is 14.8 Å². The van der Waals surface area contributed by atoms with E-state index in [4.69, 9.17) is 21.1 Å². The predicted molar refractivity (Wildman–Crippen MR) is 96.1 cm³/mol. The fourth-order valence-corrected chi connectivity index (χ4v) is 3.59. The number of fused-ring (bicyclic) bond motifs is 1. The number of hydrogen-bond acceptors (Lipinski definition) is 3. The van der Waals surface area contributed by atoms with Crippen molar-refractivity contribution in [1.82, 2.24) is 5.32 Å². The van der Waals surface area contributed by atoms with E-state index >= 15 is 0 Å². The Labute approximate surface area is 160 Å². The van der Waals surface area contributed by atoms with Gasteiger partial charge in [0.1, 0.15) is 0 Å². The number of rotatable bonds is 4. The van der Waals surface area contributed by atoms with E-state index in [1.807, 2.05) is 6.07 Å². The SMILES string of the molecule is O=C(NCc1cc(Cl)c2c(c1)OCCCO2)C1CC1c1ccc(F)c(F)c1. The minimum atomic E-state index is -0.889. The molecule has 1 amide bonds. The van der Waals surface area contributed by atoms with E-state index in [2.05, 4.69) is 5.32 Å². The van der Waals surface area contributed by atoms with Crippen LogP contribution in [0, 0.1) is 17.6 Å². The Morgan fingerprint density at radius 3 is 2.78 bits per heavy atom. The fraction of sp³-hybridized carbons (Fsp3) is 0.350. The van der Waals surface area contributed by atoms with Crippen LogP contribution in [0.25, 0.3) is 0 Å². The third kappa shape index (κ3) is 3.86. The highest BCUT2D eigenvalue weighted by molar-refractivity contribution is 6.32. The first kappa shape index (κ1) is 18.0. The van der Waals surface area contributed by atoms with Crippen molar-refractivity contribution in [1.29, 1.82) is 0 Å². The maximum atomic E-state index is 13.4. The Morgan fingerprint density at radius 1 is 1.15 bits per heavy atom. The number of hydrogen-bond donors (Lipinski definition) is 1. The van der Waals surface area contributed by atoms with Gasteiger partial charge >= 0.3 is 0 Å². The second-order valence-electron chi connectivity index (χ2n) is 6.80. The summed E-state index contributed by atoms with van der Waals surface area (Å²) in [6.07, 6.45) is 1.41. The second kappa shape index (κ2) is 7.35. The van der Waals surface area contributed by atoms with Gasteiger partial charge in [-0.3, -0.25) is 4.79 Å². The van der Waals surface area contributed by atoms with Crippen LogP contribution in [-0.4, -0.2) is 19.1 Å². The van der Waals surface area contributed by atoms with Crippen LogP contribution in [0.15, 0.2) is 30.3 Å². The summed E-state index contributed by atoms with van der Waals surface area (Å²) >= 11 is 6.26. The van der Waals surface area contributed by atoms with Crippen LogP contribution in [0.4, 0.5) is 8.78 Å². The van der Waals surface area contributed by atoms with Crippen LogP contribution in [0.5, 0.6) is 11.5 Å². The molecule has 1 heterocycles. The molecule has 1 aliphatic carbocycles. The van der Waals surface area contributed by atoms with Gasteiger partial charge in [-0.15, -0.1) is 0 Å². The molecule has 7 heteroatoms. The summed E-state index contributed by atoms with van der Waals surface area (Å²) < 4.78 is 37.6. The average Bonchev–Trinajstić information content (AvgIpc) is 3.45. The summed E-state index contributed by atoms with van der Waals surface area (Å²) in [6.45, 7) is 1.41. The summed E-state index contributed by atoms with van der Waals surface area (Å²) in [5, 5.41) is 3.32. The lowest BCUT2D eigenvalue weighted by Gasteiger charge is -2.12. The molecule has 2 aromatic rings. The number of ether oxygens (including phenoxy) is 2. The lowest BCUT2D eigenvalue weighted by atomic mass is 10.1. The Morgan fingerprint density at radius 2 is 1.96 bits per heavy atom. The third-order valence-corrected chi connectivity index (χ3v) is 5.11. The molecular weight excluding hydrogens is 376 g/mol. The van der Waals surface area contributed by atoms with Crippen LogP contribution >= 0.6 is 11.6 Å². The van der Waals surface area contributed by atoms with Crippen molar-refractivity contribution in [2.24, 2.45) is 5.92 Å². The largest absolute Gasteiger partial charge is 0.489 e. The molecule has 2 unspecified atom stereocenters. The van der Waals surface area contributed by atoms with Gasteiger partial charge in [0, 0.05) is 18.9 Å². The molecule has 2 aliphatic rings. The minimum absolute atomic E-state index is 0.0764. The Balaban J connectivity index is 1.38. The van der Waals surface area contributed by atoms with Gasteiger partial charge in [0.25, 0.3) is 0 Å². The molecule has 1 saturated carbocycles. The average molecular weight is 394 g/mol. The van der Waals surface area contributed by atoms with E-state index in [-0.39, 0.29) is 17.7 Å². The second-order valence-corrected chi connectivity index (χ2v) is 7.20. The van der Waals surface area contributed by atoms with Crippen LogP contribution in [0.1, 0.15) is 29.9 Å². The van der Waals surface area contributed by atoms with Gasteiger partial charge in [-0.05, 0) is 47.7 Å². The Kier molecular flexibility index (Phi) is 4.91. The summed E-state index contributed by atoms with van der Waals surface area (Å²) in [5.74, 6) is -1.08. The van der Waals surface area contributed by atoms with E-state index in [1.165, 1.54) is 6.07 Å². The molecule has 4 rings (SSSR count). The van der Waals surface area contributed by atoms with E-state index in [0.717, 1.165) is 24.1 Å². The zero-order chi connectivity index (χ0) is 19.0. The van der Waals surface area contributed by atoms with Crippen LogP contribution in [0.2, 0.25) is 5.02 Å². The highest BCUT2D eigenvalue weighted by atomic mass is 35.5. The first-order valence-corrected chi connectivity index (χ1v) is 9.21. The van der Waals surface area contributed by atoms with Crippen LogP contribution < -0.4 is 14.8 Å². The Bertz CT molecular complexity index is 890. The molecule has 1 aliphatic heterocycles. The van der Waals surface area contributed by atoms with Gasteiger partial charge in [-0.25, -0.2) is 8.78 Å². The highest BCUT2D eigenvalue weighted by Gasteiger charge is 2.44. The molecule has 0 spiro atoms. The zero-order valence-corrected chi connectivity index (χ0v) is 15.2. The van der Waals surface area contributed by atoms with Crippen molar-refractivity contribution in [3.05, 3.63) is 58.1 Å². The molecule has 0 radical (unpaired) electrons. The quantitative estimate of drug-likeness (QED) is 0.846. The van der Waals surface area contributed by atoms with E-state index in [1.54, 1.807) is 6.07 Å². The lowest BCUT2D eigenvalue weighted by Crippen LogP contribution is -2.24. The molecule has 0 bridgehead atoms. The molecule has 2 aromatic carbocycles. The van der Waals surface area contributed by atoms with Crippen molar-refractivity contribution in [2.45, 2.75) is 25.3 Å². The van der Waals surface area contributed by atoms with Gasteiger partial charge in [0.2, 0.25) is 5.91 Å². The van der Waals surface area contributed by atoms with Crippen molar-refractivity contribution in [3.63, 3.8) is 0 Å². The van der Waals surface area contributed by atoms with Crippen LogP contribution in [-0.2, 0) is 11.3 Å². The van der Waals surface area contributed by atoms with Gasteiger partial charge in [-0.1, -0.05) is 17.7 Å². The lowest BCUT2D eigenvalue weighted by molar-refractivity contribution is -0.122. The number of amides is 1. The van der Waals surface area contributed by atoms with Crippen molar-refractivity contribution in [2.75, 3.05) is 13.2 Å². The summed E-state index contributed by atoms with van der Waals surface area (Å²) in [7, 11) is 0. The number of halogens is 3. The first-order chi connectivity index (χ1) is 13.0. The molecule has 1 N–H and O–H groups in total. The first-order valence-electron chi connectivity index (χ1n) is 8.83. The standard InChI is InChI=1S/C20H18ClF2NO3/c21-15-6-11(7-18-19(15)27-5-1-4-26-18)10-24-20(25)14-9-13(14)12-2-3-16(22)17(23)8-12/h2-3,6-8,13-14H,1,4-5,9-10H2,(H,24,25). The molecule has 4 nitrogen and oxygen atoms in total. The third-order valence-electron chi connectivity index (χ3n) is 4.83. The number of benzene rings is 2. The maximum Gasteiger partial charge on any atom is 0.224 e. The zero-order valence-electron chi connectivity index (χ0n) is 14.4. The van der Waals surface area contributed by atoms with Gasteiger partial charge in [-0.2, -0.15) is 0 Å². The highest BCUT2D eigenvalue weighted by Crippen LogP contribution is 2.47. The molecule has 1 fully saturated rings. The summed E-state index contributed by atoms with van der Waals surface area (Å²) in [4.78, 5) is 12.4. The summed E-state index contributed by atoms with van der Waals surface area (Å²) in [5.41, 5.74) is 1.45. The molecule has 0 saturated heterocycles. The van der Waals surface area contributed by atoms with Crippen molar-refractivity contribution < 1.29 is 23.0 Å². The number of carbonyl (C=O) groups is 1. The molecular formula is C20H18ClF2NO3. The molecule has 0 aromatic heterocycles. The monoisotopic (exact) mass is 393 g/mol. The van der Waals surface area contributed by atoms with Gasteiger partial charge in [0.05, 0.1) is 18.2 Å². The normalized spacial score (nSPS) is 20.7. The maximum absolute atomic E-state index is 13.4. The minimum Gasteiger partial charge on any atom is -0.489 e. The van der Waals surface area contributed by atoms with E-state index < -0.39 is 11.6 Å². The smallest absolute Gasteiger partial charge is 0.224 e. The summed E-state index contributed by atoms with van der Waals surface area (Å²) in [6, 6.07) is 7.34. The Hall–Kier alpha value is -2.34. The topological polar surface area (TPSA) is 47.6 Å². The van der Waals surface area contributed by atoms with Crippen molar-refractivity contribution >= 4 is 17.5 Å². The van der Waals surface area contributed by atoms with E-state index in [9.17, 15) is 13.6 Å². The van der Waals surface area contributed by atoms with E-state index in [0.29, 0.717) is 48.3 Å². The molecule has 27 heavy (non-hydrogen) atoms. The van der Waals surface area contributed by atoms with Crippen LogP contribution in [0.3, 0.4) is 0 Å². The fourth-order valence-electron chi connectivity index (χ4n) is 3.30. The van der Waals surface area contributed by atoms with Crippen molar-refractivity contribution in [3.8, 4) is 11.5 Å². The predicted octanol–water partition coefficient (Wildman–Crippen LogP) is 4.20.